The minimum Gasteiger partial charge on any atom is -0.344 e. The maximum atomic E-state index is 13.7. The van der Waals surface area contributed by atoms with Crippen molar-refractivity contribution in [2.24, 2.45) is 0 Å². The number of hydrogen-bond acceptors (Lipinski definition) is 5. The van der Waals surface area contributed by atoms with Gasteiger partial charge < -0.3 is 9.47 Å². The molecule has 0 spiro atoms. The highest BCUT2D eigenvalue weighted by Gasteiger charge is 2.33. The maximum absolute atomic E-state index is 13.7. The fraction of sp³-hybridized carbons (Fsp3) is 0.294. The number of rotatable bonds is 3. The van der Waals surface area contributed by atoms with Gasteiger partial charge in [-0.1, -0.05) is 24.3 Å². The fourth-order valence-electron chi connectivity index (χ4n) is 3.14. The van der Waals surface area contributed by atoms with E-state index in [1.54, 1.807) is 6.20 Å². The van der Waals surface area contributed by atoms with Gasteiger partial charge in [0.25, 0.3) is 0 Å². The smallest absolute Gasteiger partial charge is 0.192 e. The number of benzene rings is 1. The molecule has 5 nitrogen and oxygen atoms in total. The van der Waals surface area contributed by atoms with E-state index in [9.17, 15) is 3.89 Å². The highest BCUT2D eigenvalue weighted by Crippen LogP contribution is 2.37. The number of halogens is 2. The van der Waals surface area contributed by atoms with Crippen molar-refractivity contribution < 1.29 is 13.4 Å². The molecule has 0 N–H and O–H groups in total. The van der Waals surface area contributed by atoms with Gasteiger partial charge >= 0.3 is 0 Å². The predicted molar refractivity (Wildman–Crippen MR) is 98.8 cm³/mol. The predicted octanol–water partition coefficient (Wildman–Crippen LogP) is 4.77. The second-order valence-electron chi connectivity index (χ2n) is 5.92. The Morgan fingerprint density at radius 3 is 2.56 bits per heavy atom. The van der Waals surface area contributed by atoms with Gasteiger partial charge in [0.05, 0.1) is 25.1 Å². The van der Waals surface area contributed by atoms with E-state index in [0.29, 0.717) is 29.0 Å². The quantitative estimate of drug-likeness (QED) is 0.607. The summed E-state index contributed by atoms with van der Waals surface area (Å²) in [6, 6.07) is 7.77. The third kappa shape index (κ3) is 2.77. The van der Waals surface area contributed by atoms with Crippen LogP contribution in [0.2, 0.25) is 0 Å². The van der Waals surface area contributed by atoms with Crippen molar-refractivity contribution in [1.82, 2.24) is 13.9 Å². The molecule has 1 saturated heterocycles. The summed E-state index contributed by atoms with van der Waals surface area (Å²) in [5, 5.41) is 0. The minimum absolute atomic E-state index is 0.125. The van der Waals surface area contributed by atoms with Gasteiger partial charge in [-0.2, -0.15) is 0 Å². The molecule has 1 aliphatic rings. The Morgan fingerprint density at radius 1 is 1.24 bits per heavy atom. The third-order valence-corrected chi connectivity index (χ3v) is 5.30. The van der Waals surface area contributed by atoms with Crippen molar-refractivity contribution in [1.29, 1.82) is 0 Å². The molecule has 0 saturated carbocycles. The summed E-state index contributed by atoms with van der Waals surface area (Å²) in [5.41, 5.74) is 4.60. The molecular formula is C17H15BrFN3O2S. The van der Waals surface area contributed by atoms with Crippen LogP contribution in [0.15, 0.2) is 35.1 Å². The number of aromatic nitrogens is 3. The highest BCUT2D eigenvalue weighted by atomic mass is 79.9. The summed E-state index contributed by atoms with van der Waals surface area (Å²) in [6.07, 6.45) is 1.57. The number of ether oxygens (including phenoxy) is 2. The van der Waals surface area contributed by atoms with Gasteiger partial charge in [-0.3, -0.25) is 0 Å². The Labute approximate surface area is 157 Å². The van der Waals surface area contributed by atoms with Crippen molar-refractivity contribution in [2.45, 2.75) is 19.6 Å². The van der Waals surface area contributed by atoms with Crippen LogP contribution in [0, 0.1) is 6.92 Å². The Hall–Kier alpha value is -1.48. The average molecular weight is 424 g/mol. The molecule has 8 heteroatoms. The van der Waals surface area contributed by atoms with Gasteiger partial charge in [0.2, 0.25) is 0 Å². The lowest BCUT2D eigenvalue weighted by Crippen LogP contribution is -2.22. The zero-order valence-corrected chi connectivity index (χ0v) is 16.0. The first-order valence-corrected chi connectivity index (χ1v) is 9.21. The first-order valence-electron chi connectivity index (χ1n) is 7.75. The Kier molecular flexibility index (Phi) is 4.31. The number of hydrogen-bond donors (Lipinski definition) is 0. The molecule has 130 valence electrons. The number of nitrogens with zero attached hydrogens (tertiary/aromatic N) is 3. The van der Waals surface area contributed by atoms with Crippen LogP contribution >= 0.6 is 28.3 Å². The second kappa shape index (κ2) is 6.35. The molecule has 1 aliphatic heterocycles. The normalized spacial score (nSPS) is 16.6. The molecule has 0 aliphatic carbocycles. The van der Waals surface area contributed by atoms with Crippen LogP contribution in [0.25, 0.3) is 22.4 Å². The molecule has 1 aromatic carbocycles. The summed E-state index contributed by atoms with van der Waals surface area (Å²) >= 11 is 3.45. The lowest BCUT2D eigenvalue weighted by atomic mass is 10.0. The van der Waals surface area contributed by atoms with Gasteiger partial charge in [0, 0.05) is 11.1 Å². The van der Waals surface area contributed by atoms with E-state index in [1.807, 2.05) is 38.1 Å². The molecule has 1 fully saturated rings. The molecule has 0 amide bonds. The van der Waals surface area contributed by atoms with Crippen LogP contribution in [-0.2, 0) is 15.3 Å². The SMILES string of the molecule is Cc1c(-c2ccc(C3(C)OCCO3)cc2)n(SF)c2ncc(Br)nc12. The molecular weight excluding hydrogens is 409 g/mol. The van der Waals surface area contributed by atoms with Gasteiger partial charge in [0.1, 0.15) is 10.1 Å². The zero-order valence-electron chi connectivity index (χ0n) is 13.6. The van der Waals surface area contributed by atoms with E-state index in [0.717, 1.165) is 22.4 Å². The van der Waals surface area contributed by atoms with E-state index >= 15 is 0 Å². The van der Waals surface area contributed by atoms with Crippen molar-refractivity contribution in [3.8, 4) is 11.3 Å². The third-order valence-electron chi connectivity index (χ3n) is 4.42. The molecule has 2 aromatic heterocycles. The topological polar surface area (TPSA) is 49.2 Å². The Morgan fingerprint density at radius 2 is 1.92 bits per heavy atom. The monoisotopic (exact) mass is 423 g/mol. The maximum Gasteiger partial charge on any atom is 0.192 e. The molecule has 0 unspecified atom stereocenters. The van der Waals surface area contributed by atoms with Crippen LogP contribution < -0.4 is 0 Å². The van der Waals surface area contributed by atoms with Gasteiger partial charge in [0.15, 0.2) is 23.8 Å². The van der Waals surface area contributed by atoms with Gasteiger partial charge in [-0.15, -0.1) is 3.89 Å². The van der Waals surface area contributed by atoms with Crippen LogP contribution in [0.4, 0.5) is 3.89 Å². The van der Waals surface area contributed by atoms with E-state index < -0.39 is 5.79 Å². The molecule has 0 atom stereocenters. The fourth-order valence-corrected chi connectivity index (χ4v) is 3.93. The molecule has 0 bridgehead atoms. The van der Waals surface area contributed by atoms with Crippen molar-refractivity contribution in [3.05, 3.63) is 46.2 Å². The zero-order chi connectivity index (χ0) is 17.6. The summed E-state index contributed by atoms with van der Waals surface area (Å²) in [7, 11) is 0. The van der Waals surface area contributed by atoms with Gasteiger partial charge in [-0.05, 0) is 35.3 Å². The van der Waals surface area contributed by atoms with E-state index in [4.69, 9.17) is 9.47 Å². The van der Waals surface area contributed by atoms with Crippen LogP contribution in [0.1, 0.15) is 18.1 Å². The largest absolute Gasteiger partial charge is 0.344 e. The average Bonchev–Trinajstić information content (AvgIpc) is 3.18. The molecule has 0 radical (unpaired) electrons. The van der Waals surface area contributed by atoms with Crippen molar-refractivity contribution in [3.63, 3.8) is 0 Å². The first kappa shape index (κ1) is 17.0. The lowest BCUT2D eigenvalue weighted by Gasteiger charge is -2.22. The number of aryl methyl sites for hydroxylation is 1. The molecule has 4 rings (SSSR count). The first-order chi connectivity index (χ1) is 12.0. The molecule has 3 aromatic rings. The lowest BCUT2D eigenvalue weighted by molar-refractivity contribution is -0.149. The van der Waals surface area contributed by atoms with E-state index in [-0.39, 0.29) is 12.3 Å². The molecule has 25 heavy (non-hydrogen) atoms. The Bertz CT molecular complexity index is 939. The highest BCUT2D eigenvalue weighted by molar-refractivity contribution is 9.10. The summed E-state index contributed by atoms with van der Waals surface area (Å²) in [5.74, 6) is -0.719. The second-order valence-corrected chi connectivity index (χ2v) is 7.24. The van der Waals surface area contributed by atoms with E-state index in [2.05, 4.69) is 25.9 Å². The van der Waals surface area contributed by atoms with Gasteiger partial charge in [-0.25, -0.2) is 13.9 Å². The molecule has 3 heterocycles. The standard InChI is InChI=1S/C17H15BrFN3O2S/c1-10-14-16(20-9-13(18)21-14)22(25-19)15(10)11-3-5-12(6-4-11)17(2)23-7-8-24-17/h3-6,9H,7-8H2,1-2H3. The van der Waals surface area contributed by atoms with Crippen LogP contribution in [-0.4, -0.2) is 27.2 Å². The summed E-state index contributed by atoms with van der Waals surface area (Å²) in [6.45, 7) is 4.98. The Balaban J connectivity index is 1.83. The minimum atomic E-state index is -0.719. The summed E-state index contributed by atoms with van der Waals surface area (Å²) < 4.78 is 27.1. The summed E-state index contributed by atoms with van der Waals surface area (Å²) in [4.78, 5) is 8.74. The van der Waals surface area contributed by atoms with Crippen molar-refractivity contribution in [2.75, 3.05) is 13.2 Å². The van der Waals surface area contributed by atoms with Crippen LogP contribution in [0.3, 0.4) is 0 Å². The van der Waals surface area contributed by atoms with E-state index in [1.165, 1.54) is 3.97 Å². The number of fused-ring (bicyclic) bond motifs is 1. The van der Waals surface area contributed by atoms with Crippen LogP contribution in [0.5, 0.6) is 0 Å². The van der Waals surface area contributed by atoms with Crippen molar-refractivity contribution >= 4 is 39.4 Å².